The molecule has 0 aromatic heterocycles. The maximum absolute atomic E-state index is 13.7. The van der Waals surface area contributed by atoms with Crippen LogP contribution in [0, 0.1) is 21.8 Å². The summed E-state index contributed by atoms with van der Waals surface area (Å²) in [4.78, 5) is 23.8. The van der Waals surface area contributed by atoms with E-state index in [9.17, 15) is 19.3 Å². The summed E-state index contributed by atoms with van der Waals surface area (Å²) in [5.41, 5.74) is -0.0123. The monoisotopic (exact) mass is 296 g/mol. The number of anilines is 1. The number of carbonyl (C=O) groups excluding carboxylic acids is 1. The third-order valence-electron chi connectivity index (χ3n) is 3.78. The Balaban J connectivity index is 2.41. The average molecular weight is 296 g/mol. The van der Waals surface area contributed by atoms with Crippen molar-refractivity contribution < 1.29 is 18.8 Å². The Morgan fingerprint density at radius 2 is 2.24 bits per heavy atom. The zero-order valence-corrected chi connectivity index (χ0v) is 12.0. The first kappa shape index (κ1) is 15.2. The number of benzene rings is 1. The number of nitrogens with zero attached hydrogens (tertiary/aromatic N) is 2. The topological polar surface area (TPSA) is 72.7 Å². The van der Waals surface area contributed by atoms with Crippen molar-refractivity contribution in [1.82, 2.24) is 0 Å². The average Bonchev–Trinajstić information content (AvgIpc) is 2.46. The van der Waals surface area contributed by atoms with Crippen LogP contribution in [0.25, 0.3) is 0 Å². The van der Waals surface area contributed by atoms with Gasteiger partial charge in [0.1, 0.15) is 11.5 Å². The molecule has 6 nitrogen and oxygen atoms in total. The number of halogens is 1. The van der Waals surface area contributed by atoms with Crippen molar-refractivity contribution in [3.05, 3.63) is 28.1 Å². The summed E-state index contributed by atoms with van der Waals surface area (Å²) in [6.07, 6.45) is 1.54. The molecule has 1 heterocycles. The summed E-state index contributed by atoms with van der Waals surface area (Å²) < 4.78 is 18.6. The zero-order valence-electron chi connectivity index (χ0n) is 12.0. The van der Waals surface area contributed by atoms with E-state index < -0.39 is 10.7 Å². The van der Waals surface area contributed by atoms with E-state index in [1.54, 1.807) is 4.90 Å². The van der Waals surface area contributed by atoms with Gasteiger partial charge in [-0.1, -0.05) is 0 Å². The lowest BCUT2D eigenvalue weighted by atomic mass is 9.94. The lowest BCUT2D eigenvalue weighted by Gasteiger charge is -2.33. The van der Waals surface area contributed by atoms with Crippen LogP contribution in [0.1, 0.15) is 19.8 Å². The number of hydrogen-bond donors (Lipinski definition) is 0. The Labute approximate surface area is 121 Å². The Kier molecular flexibility index (Phi) is 4.40. The van der Waals surface area contributed by atoms with Gasteiger partial charge in [0.15, 0.2) is 11.6 Å². The van der Waals surface area contributed by atoms with E-state index in [1.807, 2.05) is 0 Å². The normalized spacial score (nSPS) is 18.4. The van der Waals surface area contributed by atoms with E-state index in [2.05, 4.69) is 0 Å². The second-order valence-corrected chi connectivity index (χ2v) is 5.13. The maximum atomic E-state index is 13.7. The van der Waals surface area contributed by atoms with Crippen LogP contribution < -0.4 is 9.64 Å². The molecule has 1 aromatic carbocycles. The highest BCUT2D eigenvalue weighted by Crippen LogP contribution is 2.36. The van der Waals surface area contributed by atoms with Crippen LogP contribution in [0.3, 0.4) is 0 Å². The number of nitro benzene ring substituents is 1. The van der Waals surface area contributed by atoms with E-state index in [-0.39, 0.29) is 23.1 Å². The molecule has 1 aliphatic rings. The number of Topliss-reactive ketones (excluding diaryl/α,β-unsaturated/α-hetero) is 1. The standard InChI is InChI=1S/C14H17FN2O4/c1-9(18)10-4-3-5-16(8-10)12-7-14(21-2)11(15)6-13(12)17(19)20/h6-7,10H,3-5,8H2,1-2H3. The van der Waals surface area contributed by atoms with Gasteiger partial charge in [0.25, 0.3) is 5.69 Å². The molecule has 1 saturated heterocycles. The molecular formula is C14H17FN2O4. The van der Waals surface area contributed by atoms with Gasteiger partial charge in [-0.2, -0.15) is 0 Å². The van der Waals surface area contributed by atoms with Gasteiger partial charge >= 0.3 is 0 Å². The van der Waals surface area contributed by atoms with Crippen LogP contribution in [-0.4, -0.2) is 30.9 Å². The van der Waals surface area contributed by atoms with Crippen LogP contribution >= 0.6 is 0 Å². The van der Waals surface area contributed by atoms with Gasteiger partial charge in [0.2, 0.25) is 0 Å². The molecule has 21 heavy (non-hydrogen) atoms. The highest BCUT2D eigenvalue weighted by molar-refractivity contribution is 5.79. The number of rotatable bonds is 4. The van der Waals surface area contributed by atoms with Crippen LogP contribution in [0.4, 0.5) is 15.8 Å². The third kappa shape index (κ3) is 3.12. The summed E-state index contributed by atoms with van der Waals surface area (Å²) in [6, 6.07) is 2.20. The van der Waals surface area contributed by atoms with Crippen LogP contribution in [0.15, 0.2) is 12.1 Å². The summed E-state index contributed by atoms with van der Waals surface area (Å²) >= 11 is 0. The molecule has 0 N–H and O–H groups in total. The summed E-state index contributed by atoms with van der Waals surface area (Å²) in [6.45, 7) is 2.53. The first-order valence-corrected chi connectivity index (χ1v) is 6.71. The largest absolute Gasteiger partial charge is 0.494 e. The molecular weight excluding hydrogens is 279 g/mol. The predicted octanol–water partition coefficient (Wildman–Crippen LogP) is 2.55. The van der Waals surface area contributed by atoms with Gasteiger partial charge in [-0.3, -0.25) is 14.9 Å². The van der Waals surface area contributed by atoms with Crippen molar-refractivity contribution in [2.75, 3.05) is 25.1 Å². The number of methoxy groups -OCH3 is 1. The third-order valence-corrected chi connectivity index (χ3v) is 3.78. The minimum atomic E-state index is -0.770. The molecule has 0 bridgehead atoms. The van der Waals surface area contributed by atoms with Gasteiger partial charge in [0.05, 0.1) is 18.1 Å². The van der Waals surface area contributed by atoms with E-state index in [1.165, 1.54) is 20.1 Å². The quantitative estimate of drug-likeness (QED) is 0.630. The Morgan fingerprint density at radius 3 is 2.81 bits per heavy atom. The van der Waals surface area contributed by atoms with Crippen molar-refractivity contribution >= 4 is 17.2 Å². The SMILES string of the molecule is COc1cc(N2CCCC(C(C)=O)C2)c([N+](=O)[O-])cc1F. The fourth-order valence-electron chi connectivity index (χ4n) is 2.62. The van der Waals surface area contributed by atoms with Gasteiger partial charge in [-0.25, -0.2) is 4.39 Å². The number of carbonyl (C=O) groups is 1. The number of ketones is 1. The number of hydrogen-bond acceptors (Lipinski definition) is 5. The molecule has 0 spiro atoms. The van der Waals surface area contributed by atoms with E-state index in [0.29, 0.717) is 18.8 Å². The van der Waals surface area contributed by atoms with Crippen LogP contribution in [-0.2, 0) is 4.79 Å². The molecule has 0 amide bonds. The molecule has 0 saturated carbocycles. The molecule has 2 rings (SSSR count). The fourth-order valence-corrected chi connectivity index (χ4v) is 2.62. The Hall–Kier alpha value is -2.18. The summed E-state index contributed by atoms with van der Waals surface area (Å²) in [5.74, 6) is -0.889. The molecule has 7 heteroatoms. The van der Waals surface area contributed by atoms with Gasteiger partial charge in [0, 0.05) is 25.1 Å². The zero-order chi connectivity index (χ0) is 15.6. The molecule has 114 valence electrons. The first-order chi connectivity index (χ1) is 9.93. The smallest absolute Gasteiger partial charge is 0.295 e. The summed E-state index contributed by atoms with van der Waals surface area (Å²) in [7, 11) is 1.31. The van der Waals surface area contributed by atoms with Crippen molar-refractivity contribution in [1.29, 1.82) is 0 Å². The Bertz CT molecular complexity index is 576. The molecule has 1 aliphatic heterocycles. The minimum absolute atomic E-state index is 0.0412. The van der Waals surface area contributed by atoms with Crippen LogP contribution in [0.2, 0.25) is 0 Å². The van der Waals surface area contributed by atoms with Crippen molar-refractivity contribution in [3.8, 4) is 5.75 Å². The van der Waals surface area contributed by atoms with E-state index in [0.717, 1.165) is 18.9 Å². The highest BCUT2D eigenvalue weighted by atomic mass is 19.1. The van der Waals surface area contributed by atoms with E-state index in [4.69, 9.17) is 4.74 Å². The molecule has 1 unspecified atom stereocenters. The van der Waals surface area contributed by atoms with Gasteiger partial charge in [-0.05, 0) is 19.8 Å². The lowest BCUT2D eigenvalue weighted by Crippen LogP contribution is -2.38. The number of nitro groups is 1. The molecule has 1 atom stereocenters. The van der Waals surface area contributed by atoms with E-state index >= 15 is 0 Å². The van der Waals surface area contributed by atoms with Crippen LogP contribution in [0.5, 0.6) is 5.75 Å². The summed E-state index contributed by atoms with van der Waals surface area (Å²) in [5, 5.41) is 11.1. The maximum Gasteiger partial charge on any atom is 0.295 e. The highest BCUT2D eigenvalue weighted by Gasteiger charge is 2.29. The lowest BCUT2D eigenvalue weighted by molar-refractivity contribution is -0.384. The van der Waals surface area contributed by atoms with Crippen molar-refractivity contribution in [2.45, 2.75) is 19.8 Å². The Morgan fingerprint density at radius 1 is 1.52 bits per heavy atom. The first-order valence-electron chi connectivity index (χ1n) is 6.71. The van der Waals surface area contributed by atoms with Gasteiger partial charge < -0.3 is 9.64 Å². The molecule has 1 aromatic rings. The number of ether oxygens (including phenoxy) is 1. The van der Waals surface area contributed by atoms with Crippen molar-refractivity contribution in [2.24, 2.45) is 5.92 Å². The minimum Gasteiger partial charge on any atom is -0.494 e. The molecule has 0 radical (unpaired) electrons. The molecule has 1 fully saturated rings. The van der Waals surface area contributed by atoms with Crippen molar-refractivity contribution in [3.63, 3.8) is 0 Å². The fraction of sp³-hybridized carbons (Fsp3) is 0.500. The number of piperidine rings is 1. The van der Waals surface area contributed by atoms with Gasteiger partial charge in [-0.15, -0.1) is 0 Å². The predicted molar refractivity (Wildman–Crippen MR) is 75.2 cm³/mol. The molecule has 0 aliphatic carbocycles. The second-order valence-electron chi connectivity index (χ2n) is 5.13. The second kappa shape index (κ2) is 6.07.